The Hall–Kier alpha value is -1.34. The molecule has 2 aliphatic heterocycles. The summed E-state index contributed by atoms with van der Waals surface area (Å²) in [5.41, 5.74) is 1.12. The summed E-state index contributed by atoms with van der Waals surface area (Å²) in [7, 11) is 5.22. The van der Waals surface area contributed by atoms with Gasteiger partial charge in [0.1, 0.15) is 6.10 Å². The third-order valence-corrected chi connectivity index (χ3v) is 4.34. The monoisotopic (exact) mass is 309 g/mol. The molecule has 0 aromatic heterocycles. The summed E-state index contributed by atoms with van der Waals surface area (Å²) in [6.07, 6.45) is -0.182. The number of methoxy groups -OCH3 is 2. The Balaban J connectivity index is 1.89. The van der Waals surface area contributed by atoms with Gasteiger partial charge in [0.05, 0.1) is 33.5 Å². The summed E-state index contributed by atoms with van der Waals surface area (Å²) < 4.78 is 22.1. The number of ether oxygens (including phenoxy) is 4. The van der Waals surface area contributed by atoms with Gasteiger partial charge in [-0.1, -0.05) is 6.07 Å². The van der Waals surface area contributed by atoms with E-state index in [-0.39, 0.29) is 24.4 Å². The molecule has 6 heteroatoms. The number of hydrogen-bond acceptors (Lipinski definition) is 6. The van der Waals surface area contributed by atoms with E-state index in [1.54, 1.807) is 14.2 Å². The SMILES string of the molecule is COc1ccc([C@@H]2[C@@H]3CO[C@@H](C)OC[C@H]3ON2C)cc1OC. The highest BCUT2D eigenvalue weighted by atomic mass is 16.7. The van der Waals surface area contributed by atoms with Gasteiger partial charge in [0.25, 0.3) is 0 Å². The van der Waals surface area contributed by atoms with Crippen LogP contribution in [0.25, 0.3) is 0 Å². The number of hydrogen-bond donors (Lipinski definition) is 0. The molecule has 2 saturated heterocycles. The molecule has 0 bridgehead atoms. The number of nitrogens with zero attached hydrogens (tertiary/aromatic N) is 1. The van der Waals surface area contributed by atoms with E-state index in [9.17, 15) is 0 Å². The first-order valence-corrected chi connectivity index (χ1v) is 7.48. The van der Waals surface area contributed by atoms with Crippen LogP contribution >= 0.6 is 0 Å². The van der Waals surface area contributed by atoms with Gasteiger partial charge in [-0.3, -0.25) is 4.84 Å². The third-order valence-electron chi connectivity index (χ3n) is 4.34. The average Bonchev–Trinajstić information content (AvgIpc) is 2.74. The predicted molar refractivity (Wildman–Crippen MR) is 79.8 cm³/mol. The maximum absolute atomic E-state index is 5.95. The molecule has 2 aliphatic rings. The van der Waals surface area contributed by atoms with Crippen LogP contribution in [0.15, 0.2) is 18.2 Å². The first-order chi connectivity index (χ1) is 10.6. The minimum atomic E-state index is -0.189. The molecule has 1 aromatic rings. The van der Waals surface area contributed by atoms with Crippen LogP contribution in [-0.2, 0) is 14.3 Å². The molecule has 0 saturated carbocycles. The summed E-state index contributed by atoms with van der Waals surface area (Å²) in [6.45, 7) is 3.06. The normalized spacial score (nSPS) is 32.4. The highest BCUT2D eigenvalue weighted by molar-refractivity contribution is 5.44. The number of hydroxylamine groups is 2. The van der Waals surface area contributed by atoms with Crippen LogP contribution in [0.4, 0.5) is 0 Å². The first-order valence-electron chi connectivity index (χ1n) is 7.48. The molecule has 0 unspecified atom stereocenters. The van der Waals surface area contributed by atoms with Gasteiger partial charge >= 0.3 is 0 Å². The molecule has 2 fully saturated rings. The van der Waals surface area contributed by atoms with Crippen molar-refractivity contribution < 1.29 is 23.8 Å². The summed E-state index contributed by atoms with van der Waals surface area (Å²) >= 11 is 0. The van der Waals surface area contributed by atoms with E-state index in [1.807, 2.05) is 37.2 Å². The standard InChI is InChI=1S/C16H23NO5/c1-10-20-8-12-15(9-21-10)22-17(2)16(12)11-5-6-13(18-3)14(7-11)19-4/h5-7,10,12,15-16H,8-9H2,1-4H3/t10-,12-,15-,16-/m1/s1. The van der Waals surface area contributed by atoms with Gasteiger partial charge in [0.15, 0.2) is 17.8 Å². The lowest BCUT2D eigenvalue weighted by molar-refractivity contribution is -0.180. The highest BCUT2D eigenvalue weighted by Gasteiger charge is 2.44. The Labute approximate surface area is 130 Å². The minimum absolute atomic E-state index is 0.00745. The van der Waals surface area contributed by atoms with Gasteiger partial charge in [-0.15, -0.1) is 0 Å². The van der Waals surface area contributed by atoms with Crippen molar-refractivity contribution in [3.8, 4) is 11.5 Å². The molecule has 6 nitrogen and oxygen atoms in total. The maximum Gasteiger partial charge on any atom is 0.161 e. The van der Waals surface area contributed by atoms with Crippen molar-refractivity contribution in [1.82, 2.24) is 5.06 Å². The second-order valence-corrected chi connectivity index (χ2v) is 5.65. The lowest BCUT2D eigenvalue weighted by Crippen LogP contribution is -2.26. The second-order valence-electron chi connectivity index (χ2n) is 5.65. The van der Waals surface area contributed by atoms with Crippen LogP contribution in [0.3, 0.4) is 0 Å². The molecule has 122 valence electrons. The Morgan fingerprint density at radius 1 is 1.09 bits per heavy atom. The van der Waals surface area contributed by atoms with Crippen LogP contribution in [0.2, 0.25) is 0 Å². The average molecular weight is 309 g/mol. The zero-order valence-electron chi connectivity index (χ0n) is 13.4. The molecule has 0 radical (unpaired) electrons. The lowest BCUT2D eigenvalue weighted by atomic mass is 9.90. The maximum atomic E-state index is 5.95. The van der Waals surface area contributed by atoms with Gasteiger partial charge in [0, 0.05) is 13.0 Å². The molecule has 0 spiro atoms. The van der Waals surface area contributed by atoms with Crippen molar-refractivity contribution >= 4 is 0 Å². The molecule has 22 heavy (non-hydrogen) atoms. The van der Waals surface area contributed by atoms with Crippen molar-refractivity contribution in [3.63, 3.8) is 0 Å². The number of fused-ring (bicyclic) bond motifs is 1. The fourth-order valence-corrected chi connectivity index (χ4v) is 3.20. The topological polar surface area (TPSA) is 49.4 Å². The number of benzene rings is 1. The molecule has 1 aromatic carbocycles. The molecule has 2 heterocycles. The Bertz CT molecular complexity index is 523. The molecule has 0 amide bonds. The minimum Gasteiger partial charge on any atom is -0.493 e. The van der Waals surface area contributed by atoms with Crippen LogP contribution in [-0.4, -0.2) is 51.9 Å². The van der Waals surface area contributed by atoms with E-state index in [0.29, 0.717) is 13.2 Å². The van der Waals surface area contributed by atoms with Crippen molar-refractivity contribution in [2.24, 2.45) is 5.92 Å². The quantitative estimate of drug-likeness (QED) is 0.851. The van der Waals surface area contributed by atoms with E-state index in [1.165, 1.54) is 0 Å². The Morgan fingerprint density at radius 3 is 2.55 bits per heavy atom. The van der Waals surface area contributed by atoms with E-state index in [0.717, 1.165) is 17.1 Å². The fourth-order valence-electron chi connectivity index (χ4n) is 3.20. The summed E-state index contributed by atoms with van der Waals surface area (Å²) in [5.74, 6) is 1.66. The van der Waals surface area contributed by atoms with Gasteiger partial charge < -0.3 is 18.9 Å². The van der Waals surface area contributed by atoms with Crippen molar-refractivity contribution in [3.05, 3.63) is 23.8 Å². The van der Waals surface area contributed by atoms with Crippen molar-refractivity contribution in [1.29, 1.82) is 0 Å². The predicted octanol–water partition coefficient (Wildman–Crippen LogP) is 2.00. The van der Waals surface area contributed by atoms with E-state index < -0.39 is 0 Å². The Kier molecular flexibility index (Phi) is 4.54. The molecular weight excluding hydrogens is 286 g/mol. The third kappa shape index (κ3) is 2.79. The van der Waals surface area contributed by atoms with Crippen molar-refractivity contribution in [2.75, 3.05) is 34.5 Å². The smallest absolute Gasteiger partial charge is 0.161 e. The van der Waals surface area contributed by atoms with Gasteiger partial charge in [-0.05, 0) is 24.6 Å². The fraction of sp³-hybridized carbons (Fsp3) is 0.625. The summed E-state index contributed by atoms with van der Waals surface area (Å²) in [6, 6.07) is 6.06. The zero-order chi connectivity index (χ0) is 15.7. The summed E-state index contributed by atoms with van der Waals surface area (Å²) in [5, 5.41) is 1.89. The van der Waals surface area contributed by atoms with Crippen LogP contribution in [0, 0.1) is 5.92 Å². The molecule has 4 atom stereocenters. The van der Waals surface area contributed by atoms with E-state index in [4.69, 9.17) is 23.8 Å². The largest absolute Gasteiger partial charge is 0.493 e. The van der Waals surface area contributed by atoms with E-state index in [2.05, 4.69) is 0 Å². The zero-order valence-corrected chi connectivity index (χ0v) is 13.4. The van der Waals surface area contributed by atoms with Crippen molar-refractivity contribution in [2.45, 2.75) is 25.4 Å². The number of rotatable bonds is 3. The second kappa shape index (κ2) is 6.42. The molecular formula is C16H23NO5. The lowest BCUT2D eigenvalue weighted by Gasteiger charge is -2.24. The van der Waals surface area contributed by atoms with Gasteiger partial charge in [0.2, 0.25) is 0 Å². The van der Waals surface area contributed by atoms with Gasteiger partial charge in [-0.25, -0.2) is 0 Å². The summed E-state index contributed by atoms with van der Waals surface area (Å²) in [4.78, 5) is 5.95. The first kappa shape index (κ1) is 15.6. The highest BCUT2D eigenvalue weighted by Crippen LogP contribution is 2.42. The van der Waals surface area contributed by atoms with Crippen LogP contribution < -0.4 is 9.47 Å². The molecule has 3 rings (SSSR count). The van der Waals surface area contributed by atoms with E-state index >= 15 is 0 Å². The Morgan fingerprint density at radius 2 is 1.82 bits per heavy atom. The van der Waals surface area contributed by atoms with Crippen LogP contribution in [0.1, 0.15) is 18.5 Å². The van der Waals surface area contributed by atoms with Gasteiger partial charge in [-0.2, -0.15) is 5.06 Å². The molecule has 0 N–H and O–H groups in total. The molecule has 0 aliphatic carbocycles. The van der Waals surface area contributed by atoms with Crippen LogP contribution in [0.5, 0.6) is 11.5 Å².